The third-order valence-corrected chi connectivity index (χ3v) is 13.8. The normalized spacial score (nSPS) is 28.6. The van der Waals surface area contributed by atoms with Crippen LogP contribution in [0.2, 0.25) is 0 Å². The second-order valence-corrected chi connectivity index (χ2v) is 18.1. The minimum Gasteiger partial charge on any atom is -0.464 e. The van der Waals surface area contributed by atoms with Crippen molar-refractivity contribution in [3.05, 3.63) is 58.2 Å². The summed E-state index contributed by atoms with van der Waals surface area (Å²) in [6, 6.07) is 9.26. The lowest BCUT2D eigenvalue weighted by atomic mass is 9.84. The zero-order chi connectivity index (χ0) is 37.7. The fraction of sp³-hybridized carbons (Fsp3) is 0.548. The van der Waals surface area contributed by atoms with E-state index in [1.165, 1.54) is 0 Å². The van der Waals surface area contributed by atoms with E-state index in [1.54, 1.807) is 23.5 Å². The van der Waals surface area contributed by atoms with Crippen molar-refractivity contribution >= 4 is 40.0 Å². The van der Waals surface area contributed by atoms with Crippen LogP contribution in [0.15, 0.2) is 41.9 Å². The number of methoxy groups -OCH3 is 1. The van der Waals surface area contributed by atoms with Crippen LogP contribution in [0.4, 0.5) is 0 Å². The molecule has 7 atom stereocenters. The van der Waals surface area contributed by atoms with E-state index >= 15 is 0 Å². The van der Waals surface area contributed by atoms with Crippen molar-refractivity contribution in [3.8, 4) is 22.5 Å². The van der Waals surface area contributed by atoms with Crippen LogP contribution in [0, 0.1) is 29.1 Å². The number of hydrazine groups is 1. The molecule has 5 aliphatic rings. The molecular weight excluding hydrogens is 701 g/mol. The fourth-order valence-electron chi connectivity index (χ4n) is 9.08. The lowest BCUT2D eigenvalue weighted by molar-refractivity contribution is -0.156. The number of hydrogen-bond donors (Lipinski definition) is 2. The van der Waals surface area contributed by atoms with Gasteiger partial charge >= 0.3 is 5.97 Å². The monoisotopic (exact) mass is 750 g/mol. The number of thiazole rings is 1. The van der Waals surface area contributed by atoms with Gasteiger partial charge in [-0.05, 0) is 93.5 Å². The molecule has 54 heavy (non-hydrogen) atoms. The number of ether oxygens (including phenoxy) is 2. The quantitative estimate of drug-likeness (QED) is 0.223. The van der Waals surface area contributed by atoms with Crippen molar-refractivity contribution in [1.82, 2.24) is 30.3 Å². The second kappa shape index (κ2) is 13.0. The third kappa shape index (κ3) is 5.96. The van der Waals surface area contributed by atoms with Gasteiger partial charge in [-0.15, -0.1) is 11.3 Å². The smallest absolute Gasteiger partial charge is 0.325 e. The molecular formula is C42H50N6O5S. The molecule has 6 bridgehead atoms. The molecule has 3 saturated carbocycles. The van der Waals surface area contributed by atoms with Crippen LogP contribution in [-0.2, 0) is 42.2 Å². The van der Waals surface area contributed by atoms with Crippen molar-refractivity contribution in [3.63, 3.8) is 0 Å². The average Bonchev–Trinajstić information content (AvgIpc) is 4.14. The molecule has 1 saturated heterocycles. The molecule has 4 aromatic rings. The molecule has 2 N–H and O–H groups in total. The number of esters is 1. The molecule has 9 rings (SSSR count). The van der Waals surface area contributed by atoms with Gasteiger partial charge in [0.2, 0.25) is 5.91 Å². The summed E-state index contributed by atoms with van der Waals surface area (Å²) in [5.74, 6) is -0.0562. The molecule has 2 amide bonds. The molecule has 5 heterocycles. The number of carbonyl (C=O) groups is 3. The predicted molar refractivity (Wildman–Crippen MR) is 206 cm³/mol. The van der Waals surface area contributed by atoms with Crippen LogP contribution in [0.25, 0.3) is 33.4 Å². The minimum atomic E-state index is -0.785. The van der Waals surface area contributed by atoms with Gasteiger partial charge in [-0.25, -0.2) is 10.4 Å². The highest BCUT2D eigenvalue weighted by Crippen LogP contribution is 2.54. The van der Waals surface area contributed by atoms with Crippen molar-refractivity contribution in [2.24, 2.45) is 29.1 Å². The molecule has 0 unspecified atom stereocenters. The van der Waals surface area contributed by atoms with Crippen molar-refractivity contribution in [2.75, 3.05) is 20.3 Å². The molecule has 4 fully saturated rings. The first-order valence-corrected chi connectivity index (χ1v) is 20.4. The summed E-state index contributed by atoms with van der Waals surface area (Å²) in [5.41, 5.74) is 9.35. The molecule has 3 aromatic heterocycles. The lowest BCUT2D eigenvalue weighted by Crippen LogP contribution is -2.63. The Morgan fingerprint density at radius 1 is 1.20 bits per heavy atom. The van der Waals surface area contributed by atoms with E-state index in [9.17, 15) is 14.4 Å². The largest absolute Gasteiger partial charge is 0.464 e. The Morgan fingerprint density at radius 2 is 2.00 bits per heavy atom. The number of nitrogens with one attached hydrogen (secondary N) is 2. The van der Waals surface area contributed by atoms with Crippen LogP contribution < -0.4 is 10.7 Å². The number of rotatable bonds is 6. The van der Waals surface area contributed by atoms with E-state index in [-0.39, 0.29) is 48.2 Å². The van der Waals surface area contributed by atoms with E-state index in [0.717, 1.165) is 81.9 Å². The second-order valence-electron chi connectivity index (χ2n) is 17.2. The standard InChI is InChI=1S/C42H50N6O5S/c1-7-47-32-11-10-24-16-29(32)30(35(47)26-9-8-14-43-33(26)23(3)52-6)18-41(4,5)21-53-39(51)34-28-17-25(28)19-48(46-34)38(50)36(45-37(49)27-15-22(27)2)42(12-13-42)40-44-31(24)20-54-40/h8-11,14,16,20,22-23,25,27-28,34,36,46H,7,12-13,15,17-19,21H2,1-6H3,(H,45,49)/t22-,23-,25-,27-,28-,34-,36+/m0/s1. The van der Waals surface area contributed by atoms with E-state index in [4.69, 9.17) is 19.4 Å². The number of cyclic esters (lactones) is 1. The highest BCUT2D eigenvalue weighted by molar-refractivity contribution is 7.10. The highest BCUT2D eigenvalue weighted by Gasteiger charge is 2.60. The topological polar surface area (TPSA) is 128 Å². The number of pyridine rings is 1. The van der Waals surface area contributed by atoms with Gasteiger partial charge in [-0.3, -0.25) is 24.4 Å². The first-order chi connectivity index (χ1) is 25.9. The van der Waals surface area contributed by atoms with Crippen LogP contribution in [0.5, 0.6) is 0 Å². The molecule has 0 radical (unpaired) electrons. The summed E-state index contributed by atoms with van der Waals surface area (Å²) in [7, 11) is 1.71. The number of carbonyl (C=O) groups excluding carboxylic acids is 3. The van der Waals surface area contributed by atoms with Crippen molar-refractivity contribution in [1.29, 1.82) is 0 Å². The maximum absolute atomic E-state index is 14.6. The Balaban J connectivity index is 1.20. The molecule has 2 aliphatic heterocycles. The SMILES string of the molecule is CCn1c(-c2cccnc2[C@H](C)OC)c2c3cc(ccc31)-c1csc(n1)C1(CC1)[C@H](NC(=O)[C@H]1C[C@@H]1C)C(=O)N1C[C@@H]3C[C@@H]3[C@H](N1)C(=O)OCC(C)(C)C2. The maximum Gasteiger partial charge on any atom is 0.325 e. The first-order valence-electron chi connectivity index (χ1n) is 19.6. The maximum atomic E-state index is 14.6. The average molecular weight is 751 g/mol. The summed E-state index contributed by atoms with van der Waals surface area (Å²) in [6.45, 7) is 12.0. The number of hydrogen-bond acceptors (Lipinski definition) is 9. The summed E-state index contributed by atoms with van der Waals surface area (Å²) in [5, 5.41) is 8.89. The van der Waals surface area contributed by atoms with Gasteiger partial charge in [0.15, 0.2) is 0 Å². The Hall–Kier alpha value is -4.13. The lowest BCUT2D eigenvalue weighted by Gasteiger charge is -2.37. The molecule has 1 spiro atoms. The van der Waals surface area contributed by atoms with E-state index in [1.807, 2.05) is 19.2 Å². The minimum absolute atomic E-state index is 0.0727. The Bertz CT molecular complexity index is 2170. The molecule has 11 nitrogen and oxygen atoms in total. The molecule has 12 heteroatoms. The van der Waals surface area contributed by atoms with Gasteiger partial charge in [-0.1, -0.05) is 26.8 Å². The van der Waals surface area contributed by atoms with Gasteiger partial charge < -0.3 is 19.4 Å². The number of aryl methyl sites for hydroxylation is 1. The molecule has 1 aromatic carbocycles. The van der Waals surface area contributed by atoms with Crippen LogP contribution >= 0.6 is 11.3 Å². The summed E-state index contributed by atoms with van der Waals surface area (Å²) < 4.78 is 14.4. The fourth-order valence-corrected chi connectivity index (χ4v) is 10.2. The van der Waals surface area contributed by atoms with Crippen molar-refractivity contribution < 1.29 is 23.9 Å². The van der Waals surface area contributed by atoms with Gasteiger partial charge in [0.1, 0.15) is 17.1 Å². The number of benzene rings is 1. The Morgan fingerprint density at radius 3 is 2.72 bits per heavy atom. The number of aromatic nitrogens is 3. The zero-order valence-corrected chi connectivity index (χ0v) is 32.8. The third-order valence-electron chi connectivity index (χ3n) is 12.8. The Kier molecular flexibility index (Phi) is 8.55. The number of nitrogens with zero attached hydrogens (tertiary/aromatic N) is 4. The first kappa shape index (κ1) is 35.6. The van der Waals surface area contributed by atoms with Gasteiger partial charge in [0.05, 0.1) is 35.2 Å². The highest BCUT2D eigenvalue weighted by atomic mass is 32.1. The van der Waals surface area contributed by atoms with Crippen molar-refractivity contribution in [2.45, 2.75) is 96.9 Å². The summed E-state index contributed by atoms with van der Waals surface area (Å²) >= 11 is 1.56. The van der Waals surface area contributed by atoms with Crippen LogP contribution in [0.1, 0.15) is 82.7 Å². The molecule has 284 valence electrons. The van der Waals surface area contributed by atoms with E-state index in [2.05, 4.69) is 72.7 Å². The van der Waals surface area contributed by atoms with Gasteiger partial charge in [0.25, 0.3) is 5.91 Å². The number of amides is 2. The Labute approximate surface area is 320 Å². The van der Waals surface area contributed by atoms with E-state index in [0.29, 0.717) is 18.9 Å². The van der Waals surface area contributed by atoms with Crippen LogP contribution in [-0.4, -0.2) is 69.7 Å². The van der Waals surface area contributed by atoms with Crippen LogP contribution in [0.3, 0.4) is 0 Å². The zero-order valence-electron chi connectivity index (χ0n) is 32.0. The van der Waals surface area contributed by atoms with Gasteiger partial charge in [-0.2, -0.15) is 0 Å². The van der Waals surface area contributed by atoms with E-state index < -0.39 is 22.9 Å². The van der Waals surface area contributed by atoms with Gasteiger partial charge in [0, 0.05) is 65.1 Å². The molecule has 3 aliphatic carbocycles. The summed E-state index contributed by atoms with van der Waals surface area (Å²) in [4.78, 5) is 52.2. The predicted octanol–water partition coefficient (Wildman–Crippen LogP) is 6.20. The number of fused-ring (bicyclic) bond motifs is 9. The summed E-state index contributed by atoms with van der Waals surface area (Å²) in [6.07, 6.45) is 5.41.